The fourth-order valence-corrected chi connectivity index (χ4v) is 4.88. The zero-order chi connectivity index (χ0) is 19.7. The second-order valence-electron chi connectivity index (χ2n) is 8.02. The van der Waals surface area contributed by atoms with Gasteiger partial charge in [0.2, 0.25) is 5.91 Å². The Balaban J connectivity index is 0.00000240. The molecule has 2 atom stereocenters. The van der Waals surface area contributed by atoms with E-state index >= 15 is 0 Å². The summed E-state index contributed by atoms with van der Waals surface area (Å²) in [5.74, 6) is 0.493. The van der Waals surface area contributed by atoms with Gasteiger partial charge in [0.15, 0.2) is 0 Å². The predicted octanol–water partition coefficient (Wildman–Crippen LogP) is 5.74. The first-order valence-corrected chi connectivity index (χ1v) is 10.8. The van der Waals surface area contributed by atoms with Crippen molar-refractivity contribution in [2.45, 2.75) is 38.1 Å². The van der Waals surface area contributed by atoms with Crippen molar-refractivity contribution in [3.8, 4) is 0 Å². The normalized spacial score (nSPS) is 21.6. The number of benzene rings is 2. The van der Waals surface area contributed by atoms with Gasteiger partial charge in [-0.15, -0.1) is 12.4 Å². The van der Waals surface area contributed by atoms with Crippen molar-refractivity contribution in [2.75, 3.05) is 26.2 Å². The van der Waals surface area contributed by atoms with Crippen LogP contribution in [0, 0.1) is 0 Å². The summed E-state index contributed by atoms with van der Waals surface area (Å²) >= 11 is 12.2. The second-order valence-corrected chi connectivity index (χ2v) is 8.84. The average Bonchev–Trinajstić information content (AvgIpc) is 3.20. The van der Waals surface area contributed by atoms with E-state index in [0.717, 1.165) is 31.7 Å². The Bertz CT molecular complexity index is 867. The summed E-state index contributed by atoms with van der Waals surface area (Å²) in [6.45, 7) is 6.14. The molecule has 29 heavy (non-hydrogen) atoms. The molecule has 0 N–H and O–H groups in total. The third kappa shape index (κ3) is 4.91. The summed E-state index contributed by atoms with van der Waals surface area (Å²) in [6, 6.07) is 14.2. The van der Waals surface area contributed by atoms with E-state index in [1.54, 1.807) is 12.1 Å². The van der Waals surface area contributed by atoms with Crippen LogP contribution in [-0.2, 0) is 11.2 Å². The lowest BCUT2D eigenvalue weighted by atomic mass is 9.85. The quantitative estimate of drug-likeness (QED) is 0.589. The summed E-state index contributed by atoms with van der Waals surface area (Å²) in [5, 5.41) is 1.02. The average molecular weight is 454 g/mol. The fourth-order valence-electron chi connectivity index (χ4n) is 4.56. The van der Waals surface area contributed by atoms with Crippen LogP contribution in [0.15, 0.2) is 42.5 Å². The number of amides is 1. The highest BCUT2D eigenvalue weighted by molar-refractivity contribution is 6.42. The Labute approximate surface area is 189 Å². The summed E-state index contributed by atoms with van der Waals surface area (Å²) in [5.41, 5.74) is 3.59. The molecule has 0 aliphatic carbocycles. The van der Waals surface area contributed by atoms with Crippen LogP contribution in [-0.4, -0.2) is 41.9 Å². The standard InChI is InChI=1S/C23H26Cl2N2O.ClH/c1-16-14-27(23(28)13-17-8-9-20(24)21(25)12-17)22(15-26-10-4-5-11-26)19-7-3-2-6-18(16)19;/h2-3,6-9,12,16,22H,4-5,10-11,13-15H2,1H3;1H/t16-,22-;/m0./s1. The molecule has 4 rings (SSSR count). The highest BCUT2D eigenvalue weighted by atomic mass is 35.5. The summed E-state index contributed by atoms with van der Waals surface area (Å²) < 4.78 is 0. The molecule has 2 aliphatic heterocycles. The van der Waals surface area contributed by atoms with Crippen LogP contribution in [0.3, 0.4) is 0 Å². The predicted molar refractivity (Wildman–Crippen MR) is 122 cm³/mol. The lowest BCUT2D eigenvalue weighted by Crippen LogP contribution is -2.46. The van der Waals surface area contributed by atoms with Crippen molar-refractivity contribution in [1.82, 2.24) is 9.80 Å². The number of hydrogen-bond donors (Lipinski definition) is 0. The second kappa shape index (κ2) is 9.70. The molecule has 0 saturated carbocycles. The highest BCUT2D eigenvalue weighted by Gasteiger charge is 2.35. The molecule has 0 unspecified atom stereocenters. The van der Waals surface area contributed by atoms with Gasteiger partial charge in [-0.3, -0.25) is 4.79 Å². The van der Waals surface area contributed by atoms with Crippen molar-refractivity contribution >= 4 is 41.5 Å². The maximum absolute atomic E-state index is 13.3. The number of rotatable bonds is 4. The van der Waals surface area contributed by atoms with Crippen LogP contribution in [0.5, 0.6) is 0 Å². The van der Waals surface area contributed by atoms with Gasteiger partial charge in [-0.1, -0.05) is 60.5 Å². The van der Waals surface area contributed by atoms with E-state index in [1.165, 1.54) is 24.0 Å². The number of carbonyl (C=O) groups excluding carboxylic acids is 1. The first-order chi connectivity index (χ1) is 13.5. The lowest BCUT2D eigenvalue weighted by Gasteiger charge is -2.42. The Morgan fingerprint density at radius 1 is 1.03 bits per heavy atom. The maximum Gasteiger partial charge on any atom is 0.227 e. The van der Waals surface area contributed by atoms with Gasteiger partial charge in [-0.25, -0.2) is 0 Å². The first-order valence-electron chi connectivity index (χ1n) is 10.1. The molecular formula is C23H27Cl3N2O. The molecule has 6 heteroatoms. The molecule has 2 aromatic carbocycles. The molecular weight excluding hydrogens is 427 g/mol. The van der Waals surface area contributed by atoms with E-state index in [2.05, 4.69) is 41.0 Å². The minimum atomic E-state index is 0. The molecule has 0 bridgehead atoms. The topological polar surface area (TPSA) is 23.6 Å². The largest absolute Gasteiger partial charge is 0.333 e. The molecule has 156 valence electrons. The van der Waals surface area contributed by atoms with Gasteiger partial charge in [0.05, 0.1) is 22.5 Å². The van der Waals surface area contributed by atoms with Gasteiger partial charge in [0, 0.05) is 13.1 Å². The summed E-state index contributed by atoms with van der Waals surface area (Å²) in [7, 11) is 0. The minimum absolute atomic E-state index is 0. The number of fused-ring (bicyclic) bond motifs is 1. The molecule has 2 aliphatic rings. The molecule has 0 radical (unpaired) electrons. The fraction of sp³-hybridized carbons (Fsp3) is 0.435. The van der Waals surface area contributed by atoms with Gasteiger partial charge in [-0.05, 0) is 60.7 Å². The van der Waals surface area contributed by atoms with Crippen LogP contribution < -0.4 is 0 Å². The Kier molecular flexibility index (Phi) is 7.50. The summed E-state index contributed by atoms with van der Waals surface area (Å²) in [4.78, 5) is 17.9. The molecule has 0 aromatic heterocycles. The van der Waals surface area contributed by atoms with Crippen LogP contribution in [0.2, 0.25) is 10.0 Å². The number of halogens is 3. The van der Waals surface area contributed by atoms with Gasteiger partial charge in [0.25, 0.3) is 0 Å². The zero-order valence-electron chi connectivity index (χ0n) is 16.6. The summed E-state index contributed by atoms with van der Waals surface area (Å²) in [6.07, 6.45) is 2.85. The Hall–Kier alpha value is -1.26. The zero-order valence-corrected chi connectivity index (χ0v) is 18.9. The minimum Gasteiger partial charge on any atom is -0.333 e. The molecule has 1 amide bonds. The van der Waals surface area contributed by atoms with E-state index in [4.69, 9.17) is 23.2 Å². The third-order valence-electron chi connectivity index (χ3n) is 6.02. The van der Waals surface area contributed by atoms with Crippen molar-refractivity contribution in [1.29, 1.82) is 0 Å². The van der Waals surface area contributed by atoms with E-state index in [0.29, 0.717) is 22.4 Å². The van der Waals surface area contributed by atoms with Crippen LogP contribution >= 0.6 is 35.6 Å². The molecule has 1 fully saturated rings. The van der Waals surface area contributed by atoms with E-state index in [9.17, 15) is 4.79 Å². The van der Waals surface area contributed by atoms with Crippen molar-refractivity contribution < 1.29 is 4.79 Å². The van der Waals surface area contributed by atoms with Gasteiger partial charge < -0.3 is 9.80 Å². The first kappa shape index (κ1) is 22.4. The van der Waals surface area contributed by atoms with Crippen LogP contribution in [0.4, 0.5) is 0 Å². The van der Waals surface area contributed by atoms with Crippen LogP contribution in [0.1, 0.15) is 48.4 Å². The van der Waals surface area contributed by atoms with Crippen molar-refractivity contribution in [2.24, 2.45) is 0 Å². The molecule has 2 heterocycles. The smallest absolute Gasteiger partial charge is 0.227 e. The van der Waals surface area contributed by atoms with Crippen molar-refractivity contribution in [3.63, 3.8) is 0 Å². The van der Waals surface area contributed by atoms with E-state index < -0.39 is 0 Å². The Morgan fingerprint density at radius 2 is 1.72 bits per heavy atom. The van der Waals surface area contributed by atoms with Gasteiger partial charge >= 0.3 is 0 Å². The van der Waals surface area contributed by atoms with E-state index in [1.807, 2.05) is 6.07 Å². The maximum atomic E-state index is 13.3. The third-order valence-corrected chi connectivity index (χ3v) is 6.76. The molecule has 3 nitrogen and oxygen atoms in total. The van der Waals surface area contributed by atoms with Crippen LogP contribution in [0.25, 0.3) is 0 Å². The monoisotopic (exact) mass is 452 g/mol. The van der Waals surface area contributed by atoms with Gasteiger partial charge in [0.1, 0.15) is 0 Å². The molecule has 2 aromatic rings. The highest BCUT2D eigenvalue weighted by Crippen LogP contribution is 2.37. The van der Waals surface area contributed by atoms with Crippen molar-refractivity contribution in [3.05, 3.63) is 69.2 Å². The molecule has 0 spiro atoms. The van der Waals surface area contributed by atoms with E-state index in [-0.39, 0.29) is 24.4 Å². The SMILES string of the molecule is C[C@H]1CN(C(=O)Cc2ccc(Cl)c(Cl)c2)[C@@H](CN2CCCC2)c2ccccc21.Cl. The molecule has 1 saturated heterocycles. The lowest BCUT2D eigenvalue weighted by molar-refractivity contribution is -0.134. The number of likely N-dealkylation sites (tertiary alicyclic amines) is 1. The van der Waals surface area contributed by atoms with Gasteiger partial charge in [-0.2, -0.15) is 0 Å². The number of hydrogen-bond acceptors (Lipinski definition) is 2. The number of nitrogens with zero attached hydrogens (tertiary/aromatic N) is 2. The number of carbonyl (C=O) groups is 1. The Morgan fingerprint density at radius 3 is 2.41 bits per heavy atom.